The van der Waals surface area contributed by atoms with Crippen molar-refractivity contribution < 1.29 is 13.0 Å². The first-order valence-corrected chi connectivity index (χ1v) is 7.28. The molecule has 0 bridgehead atoms. The SMILES string of the molecule is CCCC(NS(=O)C(C)C)c1cc(F)cc(F)c1. The summed E-state index contributed by atoms with van der Waals surface area (Å²) in [5, 5.41) is -0.0391. The zero-order valence-electron chi connectivity index (χ0n) is 10.9. The highest BCUT2D eigenvalue weighted by atomic mass is 32.2. The molecule has 0 heterocycles. The van der Waals surface area contributed by atoms with Crippen LogP contribution in [0.2, 0.25) is 0 Å². The quantitative estimate of drug-likeness (QED) is 0.846. The van der Waals surface area contributed by atoms with E-state index >= 15 is 0 Å². The Hall–Kier alpha value is -0.810. The van der Waals surface area contributed by atoms with Gasteiger partial charge in [-0.1, -0.05) is 13.3 Å². The summed E-state index contributed by atoms with van der Waals surface area (Å²) >= 11 is 0. The largest absolute Gasteiger partial charge is 0.243 e. The van der Waals surface area contributed by atoms with E-state index < -0.39 is 22.6 Å². The van der Waals surface area contributed by atoms with Crippen LogP contribution < -0.4 is 4.72 Å². The van der Waals surface area contributed by atoms with Gasteiger partial charge in [0.2, 0.25) is 0 Å². The summed E-state index contributed by atoms with van der Waals surface area (Å²) in [5.41, 5.74) is 0.503. The van der Waals surface area contributed by atoms with Crippen LogP contribution in [0.25, 0.3) is 0 Å². The van der Waals surface area contributed by atoms with Crippen molar-refractivity contribution in [2.75, 3.05) is 0 Å². The second kappa shape index (κ2) is 6.95. The summed E-state index contributed by atoms with van der Waals surface area (Å²) in [7, 11) is -1.21. The molecule has 1 rings (SSSR count). The Balaban J connectivity index is 2.93. The second-order valence-corrected chi connectivity index (χ2v) is 6.28. The molecule has 0 aromatic heterocycles. The number of nitrogens with one attached hydrogen (secondary N) is 1. The zero-order chi connectivity index (χ0) is 13.7. The topological polar surface area (TPSA) is 29.1 Å². The molecule has 0 aliphatic carbocycles. The molecule has 1 aromatic rings. The van der Waals surface area contributed by atoms with Gasteiger partial charge in [-0.2, -0.15) is 0 Å². The monoisotopic (exact) mass is 275 g/mol. The van der Waals surface area contributed by atoms with Gasteiger partial charge < -0.3 is 0 Å². The number of hydrogen-bond acceptors (Lipinski definition) is 1. The van der Waals surface area contributed by atoms with Crippen LogP contribution in [0.3, 0.4) is 0 Å². The molecule has 0 radical (unpaired) electrons. The Kier molecular flexibility index (Phi) is 5.88. The summed E-state index contributed by atoms with van der Waals surface area (Å²) in [4.78, 5) is 0. The fraction of sp³-hybridized carbons (Fsp3) is 0.538. The first-order chi connectivity index (χ1) is 8.43. The summed E-state index contributed by atoms with van der Waals surface area (Å²) in [6.07, 6.45) is 1.52. The van der Waals surface area contributed by atoms with Gasteiger partial charge in [0.15, 0.2) is 0 Å². The summed E-state index contributed by atoms with van der Waals surface area (Å²) < 4.78 is 41.1. The van der Waals surface area contributed by atoms with Gasteiger partial charge in [-0.05, 0) is 38.0 Å². The van der Waals surface area contributed by atoms with Crippen molar-refractivity contribution in [3.63, 3.8) is 0 Å². The van der Waals surface area contributed by atoms with Crippen molar-refractivity contribution in [2.24, 2.45) is 0 Å². The maximum Gasteiger partial charge on any atom is 0.126 e. The molecule has 0 amide bonds. The third-order valence-electron chi connectivity index (χ3n) is 2.55. The Morgan fingerprint density at radius 2 is 1.78 bits per heavy atom. The van der Waals surface area contributed by atoms with Crippen LogP contribution in [0, 0.1) is 11.6 Å². The van der Waals surface area contributed by atoms with Crippen molar-refractivity contribution in [3.05, 3.63) is 35.4 Å². The molecule has 5 heteroatoms. The Bertz CT molecular complexity index is 403. The summed E-state index contributed by atoms with van der Waals surface area (Å²) in [6, 6.07) is 3.12. The van der Waals surface area contributed by atoms with E-state index in [0.29, 0.717) is 12.0 Å². The molecule has 0 aliphatic heterocycles. The van der Waals surface area contributed by atoms with Crippen molar-refractivity contribution in [2.45, 2.75) is 44.9 Å². The highest BCUT2D eigenvalue weighted by Gasteiger charge is 2.16. The van der Waals surface area contributed by atoms with Crippen LogP contribution >= 0.6 is 0 Å². The van der Waals surface area contributed by atoms with Crippen LogP contribution in [-0.2, 0) is 11.0 Å². The zero-order valence-corrected chi connectivity index (χ0v) is 11.7. The molecule has 0 saturated heterocycles. The third-order valence-corrected chi connectivity index (χ3v) is 3.92. The summed E-state index contributed by atoms with van der Waals surface area (Å²) in [6.45, 7) is 5.64. The normalized spacial score (nSPS) is 14.8. The fourth-order valence-electron chi connectivity index (χ4n) is 1.63. The van der Waals surface area contributed by atoms with E-state index in [-0.39, 0.29) is 11.3 Å². The molecule has 18 heavy (non-hydrogen) atoms. The molecule has 102 valence electrons. The highest BCUT2D eigenvalue weighted by molar-refractivity contribution is 7.83. The van der Waals surface area contributed by atoms with Crippen molar-refractivity contribution in [1.82, 2.24) is 4.72 Å². The lowest BCUT2D eigenvalue weighted by Crippen LogP contribution is -2.28. The number of rotatable bonds is 6. The smallest absolute Gasteiger partial charge is 0.126 e. The molecule has 0 saturated carbocycles. The Morgan fingerprint density at radius 1 is 1.22 bits per heavy atom. The molecular formula is C13H19F2NOS. The van der Waals surface area contributed by atoms with Gasteiger partial charge in [-0.3, -0.25) is 0 Å². The van der Waals surface area contributed by atoms with Crippen LogP contribution in [0.1, 0.15) is 45.2 Å². The average molecular weight is 275 g/mol. The minimum Gasteiger partial charge on any atom is -0.243 e. The van der Waals surface area contributed by atoms with Gasteiger partial charge in [0.1, 0.15) is 11.6 Å². The van der Waals surface area contributed by atoms with E-state index in [4.69, 9.17) is 0 Å². The predicted octanol–water partition coefficient (Wildman–Crippen LogP) is 3.47. The molecule has 0 spiro atoms. The van der Waals surface area contributed by atoms with E-state index in [9.17, 15) is 13.0 Å². The second-order valence-electron chi connectivity index (χ2n) is 4.51. The van der Waals surface area contributed by atoms with E-state index in [1.165, 1.54) is 12.1 Å². The molecule has 2 unspecified atom stereocenters. The van der Waals surface area contributed by atoms with Gasteiger partial charge in [0, 0.05) is 17.4 Å². The minimum absolute atomic E-state index is 0.0391. The van der Waals surface area contributed by atoms with Crippen molar-refractivity contribution >= 4 is 11.0 Å². The molecule has 1 N–H and O–H groups in total. The maximum absolute atomic E-state index is 13.2. The fourth-order valence-corrected chi connectivity index (χ4v) is 2.44. The van der Waals surface area contributed by atoms with Crippen LogP contribution in [-0.4, -0.2) is 9.46 Å². The third kappa shape index (κ3) is 4.46. The van der Waals surface area contributed by atoms with Gasteiger partial charge in [-0.15, -0.1) is 0 Å². The number of hydrogen-bond donors (Lipinski definition) is 1. The summed E-state index contributed by atoms with van der Waals surface area (Å²) in [5.74, 6) is -1.22. The van der Waals surface area contributed by atoms with Gasteiger partial charge in [0.05, 0.1) is 11.0 Å². The predicted molar refractivity (Wildman–Crippen MR) is 70.4 cm³/mol. The van der Waals surface area contributed by atoms with E-state index in [1.54, 1.807) is 0 Å². The Morgan fingerprint density at radius 3 is 2.22 bits per heavy atom. The van der Waals surface area contributed by atoms with E-state index in [1.807, 2.05) is 20.8 Å². The van der Waals surface area contributed by atoms with Crippen molar-refractivity contribution in [3.8, 4) is 0 Å². The van der Waals surface area contributed by atoms with Crippen LogP contribution in [0.15, 0.2) is 18.2 Å². The molecule has 2 nitrogen and oxygen atoms in total. The molecule has 0 aliphatic rings. The van der Waals surface area contributed by atoms with Gasteiger partial charge >= 0.3 is 0 Å². The average Bonchev–Trinajstić information content (AvgIpc) is 2.26. The standard InChI is InChI=1S/C13H19F2NOS/c1-4-5-13(16-18(17)9(2)3)10-6-11(14)8-12(15)7-10/h6-9,13,16H,4-5H2,1-3H3. The molecule has 2 atom stereocenters. The van der Waals surface area contributed by atoms with Crippen LogP contribution in [0.5, 0.6) is 0 Å². The van der Waals surface area contributed by atoms with E-state index in [2.05, 4.69) is 4.72 Å². The lowest BCUT2D eigenvalue weighted by molar-refractivity contribution is 0.548. The molecular weight excluding hydrogens is 256 g/mol. The lowest BCUT2D eigenvalue weighted by Gasteiger charge is -2.19. The first-order valence-electron chi connectivity index (χ1n) is 6.06. The lowest BCUT2D eigenvalue weighted by atomic mass is 10.0. The Labute approximate surface area is 109 Å². The van der Waals surface area contributed by atoms with Gasteiger partial charge in [0.25, 0.3) is 0 Å². The maximum atomic E-state index is 13.2. The van der Waals surface area contributed by atoms with Crippen molar-refractivity contribution in [1.29, 1.82) is 0 Å². The number of halogens is 2. The molecule has 1 aromatic carbocycles. The van der Waals surface area contributed by atoms with Gasteiger partial charge in [-0.25, -0.2) is 17.7 Å². The molecule has 0 fully saturated rings. The number of benzene rings is 1. The highest BCUT2D eigenvalue weighted by Crippen LogP contribution is 2.21. The first kappa shape index (κ1) is 15.2. The van der Waals surface area contributed by atoms with E-state index in [0.717, 1.165) is 12.5 Å². The minimum atomic E-state index is -1.21. The van der Waals surface area contributed by atoms with Crippen LogP contribution in [0.4, 0.5) is 8.78 Å².